The summed E-state index contributed by atoms with van der Waals surface area (Å²) >= 11 is 6.00. The van der Waals surface area contributed by atoms with Crippen LogP contribution >= 0.6 is 11.6 Å². The first kappa shape index (κ1) is 14.8. The van der Waals surface area contributed by atoms with Gasteiger partial charge in [0.2, 0.25) is 5.03 Å². The molecule has 0 radical (unpaired) electrons. The highest BCUT2D eigenvalue weighted by Gasteiger charge is 2.32. The van der Waals surface area contributed by atoms with Gasteiger partial charge in [0.05, 0.1) is 6.33 Å². The summed E-state index contributed by atoms with van der Waals surface area (Å²) in [5.74, 6) is 0. The average molecular weight is 306 g/mol. The van der Waals surface area contributed by atoms with Gasteiger partial charge >= 0.3 is 0 Å². The number of aromatic nitrogens is 2. The maximum absolute atomic E-state index is 12.5. The van der Waals surface area contributed by atoms with E-state index in [1.807, 2.05) is 0 Å². The van der Waals surface area contributed by atoms with Crippen LogP contribution in [0.2, 0.25) is 5.15 Å². The Labute approximate surface area is 119 Å². The Morgan fingerprint density at radius 1 is 1.32 bits per heavy atom. The predicted molar refractivity (Wildman–Crippen MR) is 74.7 cm³/mol. The van der Waals surface area contributed by atoms with Crippen LogP contribution in [-0.2, 0) is 17.1 Å². The molecule has 1 aromatic heterocycles. The van der Waals surface area contributed by atoms with Crippen LogP contribution in [0.25, 0.3) is 0 Å². The molecule has 0 amide bonds. The van der Waals surface area contributed by atoms with Gasteiger partial charge in [-0.15, -0.1) is 0 Å². The number of hydrogen-bond acceptors (Lipinski definition) is 3. The SMILES string of the molecule is CN(C1CCCCCC1)S(=O)(=O)c1ncn(C)c1Cl. The fourth-order valence-electron chi connectivity index (χ4n) is 2.52. The molecule has 1 heterocycles. The molecule has 1 saturated carbocycles. The maximum atomic E-state index is 12.5. The van der Waals surface area contributed by atoms with E-state index < -0.39 is 10.0 Å². The van der Waals surface area contributed by atoms with Crippen molar-refractivity contribution in [2.24, 2.45) is 7.05 Å². The van der Waals surface area contributed by atoms with E-state index in [1.54, 1.807) is 14.1 Å². The summed E-state index contributed by atoms with van der Waals surface area (Å²) in [6.07, 6.45) is 7.81. The molecule has 0 bridgehead atoms. The lowest BCUT2D eigenvalue weighted by Crippen LogP contribution is -2.37. The Bertz CT molecular complexity index is 533. The largest absolute Gasteiger partial charge is 0.324 e. The molecule has 108 valence electrons. The van der Waals surface area contributed by atoms with Gasteiger partial charge in [-0.2, -0.15) is 4.31 Å². The van der Waals surface area contributed by atoms with Crippen molar-refractivity contribution < 1.29 is 8.42 Å². The number of sulfonamides is 1. The lowest BCUT2D eigenvalue weighted by molar-refractivity contribution is 0.335. The van der Waals surface area contributed by atoms with E-state index in [-0.39, 0.29) is 16.2 Å². The Balaban J connectivity index is 2.25. The molecule has 0 aromatic carbocycles. The molecule has 0 N–H and O–H groups in total. The van der Waals surface area contributed by atoms with Crippen molar-refractivity contribution in [1.82, 2.24) is 13.9 Å². The second kappa shape index (κ2) is 5.81. The van der Waals surface area contributed by atoms with Gasteiger partial charge in [-0.05, 0) is 12.8 Å². The van der Waals surface area contributed by atoms with Gasteiger partial charge in [0.1, 0.15) is 5.15 Å². The molecule has 0 unspecified atom stereocenters. The van der Waals surface area contributed by atoms with Crippen molar-refractivity contribution >= 4 is 21.6 Å². The molecule has 0 atom stereocenters. The zero-order chi connectivity index (χ0) is 14.0. The number of nitrogens with zero attached hydrogens (tertiary/aromatic N) is 3. The minimum atomic E-state index is -3.60. The summed E-state index contributed by atoms with van der Waals surface area (Å²) in [7, 11) is -0.279. The zero-order valence-electron chi connectivity index (χ0n) is 11.3. The summed E-state index contributed by atoms with van der Waals surface area (Å²) in [6.45, 7) is 0. The molecule has 7 heteroatoms. The van der Waals surface area contributed by atoms with Gasteiger partial charge in [-0.25, -0.2) is 13.4 Å². The third kappa shape index (κ3) is 2.95. The Morgan fingerprint density at radius 3 is 2.37 bits per heavy atom. The summed E-state index contributed by atoms with van der Waals surface area (Å²) in [5.41, 5.74) is 0. The van der Waals surface area contributed by atoms with E-state index in [2.05, 4.69) is 4.98 Å². The monoisotopic (exact) mass is 305 g/mol. The predicted octanol–water partition coefficient (Wildman–Crippen LogP) is 2.42. The minimum absolute atomic E-state index is 0.0385. The maximum Gasteiger partial charge on any atom is 0.263 e. The lowest BCUT2D eigenvalue weighted by atomic mass is 10.1. The summed E-state index contributed by atoms with van der Waals surface area (Å²) in [6, 6.07) is 0.0607. The van der Waals surface area contributed by atoms with Gasteiger partial charge in [0, 0.05) is 20.1 Å². The topological polar surface area (TPSA) is 55.2 Å². The molecule has 1 aliphatic rings. The quantitative estimate of drug-likeness (QED) is 0.806. The first-order valence-electron chi connectivity index (χ1n) is 6.59. The number of rotatable bonds is 3. The van der Waals surface area contributed by atoms with E-state index in [9.17, 15) is 8.42 Å². The fourth-order valence-corrected chi connectivity index (χ4v) is 4.32. The number of aryl methyl sites for hydroxylation is 1. The first-order valence-corrected chi connectivity index (χ1v) is 8.41. The van der Waals surface area contributed by atoms with E-state index >= 15 is 0 Å². The molecule has 0 aliphatic heterocycles. The Morgan fingerprint density at radius 2 is 1.89 bits per heavy atom. The van der Waals surface area contributed by atoms with Gasteiger partial charge in [-0.3, -0.25) is 0 Å². The van der Waals surface area contributed by atoms with E-state index in [0.29, 0.717) is 0 Å². The third-order valence-electron chi connectivity index (χ3n) is 3.80. The Kier molecular flexibility index (Phi) is 4.53. The second-order valence-corrected chi connectivity index (χ2v) is 7.39. The van der Waals surface area contributed by atoms with E-state index in [0.717, 1.165) is 25.7 Å². The molecular weight excluding hydrogens is 286 g/mol. The van der Waals surface area contributed by atoms with Crippen LogP contribution in [0.4, 0.5) is 0 Å². The van der Waals surface area contributed by atoms with Crippen molar-refractivity contribution in [1.29, 1.82) is 0 Å². The third-order valence-corrected chi connectivity index (χ3v) is 6.20. The van der Waals surface area contributed by atoms with Crippen LogP contribution in [0.1, 0.15) is 38.5 Å². The summed E-state index contributed by atoms with van der Waals surface area (Å²) < 4.78 is 28.0. The van der Waals surface area contributed by atoms with E-state index in [4.69, 9.17) is 11.6 Å². The van der Waals surface area contributed by atoms with Gasteiger partial charge in [0.25, 0.3) is 10.0 Å². The highest BCUT2D eigenvalue weighted by molar-refractivity contribution is 7.89. The molecule has 19 heavy (non-hydrogen) atoms. The molecule has 1 fully saturated rings. The van der Waals surface area contributed by atoms with Crippen molar-refractivity contribution in [2.75, 3.05) is 7.05 Å². The Hall–Kier alpha value is -0.590. The summed E-state index contributed by atoms with van der Waals surface area (Å²) in [5, 5.41) is 0.129. The van der Waals surface area contributed by atoms with Gasteiger partial charge in [0.15, 0.2) is 0 Å². The minimum Gasteiger partial charge on any atom is -0.324 e. The van der Waals surface area contributed by atoms with Crippen molar-refractivity contribution in [3.05, 3.63) is 11.5 Å². The van der Waals surface area contributed by atoms with Crippen LogP contribution in [0.3, 0.4) is 0 Å². The fraction of sp³-hybridized carbons (Fsp3) is 0.750. The molecule has 2 rings (SSSR count). The van der Waals surface area contributed by atoms with Gasteiger partial charge in [-0.1, -0.05) is 37.3 Å². The smallest absolute Gasteiger partial charge is 0.263 e. The standard InChI is InChI=1S/C12H20ClN3O2S/c1-15-9-14-12(11(15)13)19(17,18)16(2)10-7-5-3-4-6-8-10/h9-10H,3-8H2,1-2H3. The van der Waals surface area contributed by atoms with Crippen LogP contribution in [0.15, 0.2) is 11.4 Å². The highest BCUT2D eigenvalue weighted by Crippen LogP contribution is 2.28. The molecule has 1 aliphatic carbocycles. The van der Waals surface area contributed by atoms with E-state index in [1.165, 1.54) is 28.0 Å². The highest BCUT2D eigenvalue weighted by atomic mass is 35.5. The number of imidazole rings is 1. The number of halogens is 1. The molecule has 0 saturated heterocycles. The molecular formula is C12H20ClN3O2S. The van der Waals surface area contributed by atoms with Crippen LogP contribution in [0.5, 0.6) is 0 Å². The normalized spacial score (nSPS) is 18.7. The number of hydrogen-bond donors (Lipinski definition) is 0. The van der Waals surface area contributed by atoms with Crippen LogP contribution in [0, 0.1) is 0 Å². The van der Waals surface area contributed by atoms with Crippen LogP contribution in [-0.4, -0.2) is 35.4 Å². The lowest BCUT2D eigenvalue weighted by Gasteiger charge is -2.25. The average Bonchev–Trinajstić information content (AvgIpc) is 2.61. The molecule has 1 aromatic rings. The molecule has 0 spiro atoms. The van der Waals surface area contributed by atoms with Crippen LogP contribution < -0.4 is 0 Å². The van der Waals surface area contributed by atoms with Crippen molar-refractivity contribution in [2.45, 2.75) is 49.6 Å². The van der Waals surface area contributed by atoms with Crippen molar-refractivity contribution in [3.8, 4) is 0 Å². The van der Waals surface area contributed by atoms with Crippen molar-refractivity contribution in [3.63, 3.8) is 0 Å². The van der Waals surface area contributed by atoms with Gasteiger partial charge < -0.3 is 4.57 Å². The zero-order valence-corrected chi connectivity index (χ0v) is 12.9. The summed E-state index contributed by atoms with van der Waals surface area (Å²) in [4.78, 5) is 3.93. The first-order chi connectivity index (χ1) is 8.94. The molecule has 5 nitrogen and oxygen atoms in total. The second-order valence-electron chi connectivity index (χ2n) is 5.12.